The van der Waals surface area contributed by atoms with E-state index in [0.29, 0.717) is 18.2 Å². The molecule has 6 heteroatoms. The maximum atomic E-state index is 12.8. The molecule has 0 bridgehead atoms. The number of rotatable bonds is 9. The highest BCUT2D eigenvalue weighted by Gasteiger charge is 2.35. The first-order valence-corrected chi connectivity index (χ1v) is 11.2. The van der Waals surface area contributed by atoms with Crippen LogP contribution in [0.4, 0.5) is 0 Å². The van der Waals surface area contributed by atoms with E-state index in [4.69, 9.17) is 5.26 Å². The molecule has 0 N–H and O–H groups in total. The molecule has 1 saturated carbocycles. The van der Waals surface area contributed by atoms with Gasteiger partial charge in [0.2, 0.25) is 5.91 Å². The first-order valence-electron chi connectivity index (χ1n) is 11.2. The molecule has 1 atom stereocenters. The van der Waals surface area contributed by atoms with Crippen molar-refractivity contribution in [2.45, 2.75) is 58.2 Å². The number of benzene rings is 1. The number of carbonyl (C=O) groups is 1. The molecule has 1 amide bonds. The highest BCUT2D eigenvalue weighted by atomic mass is 16.2. The normalized spacial score (nSPS) is 19.8. The van der Waals surface area contributed by atoms with Crippen LogP contribution in [0.15, 0.2) is 36.8 Å². The molecular formula is C24H31N5O. The zero-order valence-corrected chi connectivity index (χ0v) is 17.8. The summed E-state index contributed by atoms with van der Waals surface area (Å²) < 4.78 is 2.15. The van der Waals surface area contributed by atoms with Gasteiger partial charge in [-0.2, -0.15) is 5.26 Å². The molecule has 158 valence electrons. The minimum absolute atomic E-state index is 0.271. The molecular weight excluding hydrogens is 374 g/mol. The number of aromatic nitrogens is 2. The van der Waals surface area contributed by atoms with Crippen molar-refractivity contribution in [1.82, 2.24) is 19.4 Å². The summed E-state index contributed by atoms with van der Waals surface area (Å²) in [4.78, 5) is 21.6. The average Bonchev–Trinajstić information content (AvgIpc) is 3.48. The van der Waals surface area contributed by atoms with E-state index in [9.17, 15) is 4.79 Å². The van der Waals surface area contributed by atoms with Gasteiger partial charge < -0.3 is 9.47 Å². The Hall–Kier alpha value is -2.65. The van der Waals surface area contributed by atoms with E-state index in [1.54, 1.807) is 0 Å². The van der Waals surface area contributed by atoms with Crippen LogP contribution in [0.25, 0.3) is 0 Å². The molecule has 0 radical (unpaired) electrons. The molecule has 6 nitrogen and oxygen atoms in total. The van der Waals surface area contributed by atoms with Crippen LogP contribution in [-0.2, 0) is 17.9 Å². The maximum absolute atomic E-state index is 12.8. The predicted octanol–water partition coefficient (Wildman–Crippen LogP) is 3.42. The summed E-state index contributed by atoms with van der Waals surface area (Å²) in [7, 11) is 0. The van der Waals surface area contributed by atoms with E-state index < -0.39 is 0 Å². The number of hydrogen-bond acceptors (Lipinski definition) is 4. The minimum Gasteiger partial charge on any atom is -0.340 e. The number of carbonyl (C=O) groups excluding carboxylic acids is 1. The van der Waals surface area contributed by atoms with E-state index >= 15 is 0 Å². The van der Waals surface area contributed by atoms with Crippen molar-refractivity contribution in [3.63, 3.8) is 0 Å². The zero-order chi connectivity index (χ0) is 20.9. The number of imidazole rings is 1. The van der Waals surface area contributed by atoms with Gasteiger partial charge in [-0.25, -0.2) is 4.98 Å². The Morgan fingerprint density at radius 1 is 1.20 bits per heavy atom. The van der Waals surface area contributed by atoms with Gasteiger partial charge in [0.05, 0.1) is 30.2 Å². The van der Waals surface area contributed by atoms with Gasteiger partial charge in [-0.1, -0.05) is 31.9 Å². The largest absolute Gasteiger partial charge is 0.340 e. The van der Waals surface area contributed by atoms with Crippen LogP contribution in [0.3, 0.4) is 0 Å². The molecule has 1 aliphatic heterocycles. The monoisotopic (exact) mass is 405 g/mol. The van der Waals surface area contributed by atoms with E-state index in [1.165, 1.54) is 25.7 Å². The number of nitriles is 1. The van der Waals surface area contributed by atoms with Gasteiger partial charge in [0, 0.05) is 38.4 Å². The van der Waals surface area contributed by atoms with Gasteiger partial charge in [-0.15, -0.1) is 0 Å². The fourth-order valence-electron chi connectivity index (χ4n) is 4.27. The average molecular weight is 406 g/mol. The van der Waals surface area contributed by atoms with Crippen LogP contribution in [0.5, 0.6) is 0 Å². The summed E-state index contributed by atoms with van der Waals surface area (Å²) in [5.74, 6) is 1.01. The maximum Gasteiger partial charge on any atom is 0.236 e. The minimum atomic E-state index is 0.271. The van der Waals surface area contributed by atoms with Gasteiger partial charge in [-0.05, 0) is 42.9 Å². The number of unbranched alkanes of at least 4 members (excludes halogenated alkanes) is 1. The first-order chi connectivity index (χ1) is 14.7. The van der Waals surface area contributed by atoms with Crippen LogP contribution >= 0.6 is 0 Å². The van der Waals surface area contributed by atoms with Crippen molar-refractivity contribution >= 4 is 5.91 Å². The van der Waals surface area contributed by atoms with Crippen molar-refractivity contribution in [2.75, 3.05) is 19.6 Å². The number of amides is 1. The highest BCUT2D eigenvalue weighted by Crippen LogP contribution is 2.31. The van der Waals surface area contributed by atoms with Crippen LogP contribution in [0.1, 0.15) is 55.8 Å². The van der Waals surface area contributed by atoms with E-state index in [2.05, 4.69) is 32.3 Å². The number of piperazine rings is 1. The Kier molecular flexibility index (Phi) is 6.49. The van der Waals surface area contributed by atoms with Crippen molar-refractivity contribution in [3.05, 3.63) is 53.6 Å². The Balaban J connectivity index is 1.44. The lowest BCUT2D eigenvalue weighted by atomic mass is 10.0. The summed E-state index contributed by atoms with van der Waals surface area (Å²) in [5.41, 5.74) is 2.94. The van der Waals surface area contributed by atoms with E-state index in [0.717, 1.165) is 49.8 Å². The van der Waals surface area contributed by atoms with Gasteiger partial charge in [0.25, 0.3) is 0 Å². The molecule has 1 unspecified atom stereocenters. The fraction of sp³-hybridized carbons (Fsp3) is 0.542. The number of hydrogen-bond donors (Lipinski definition) is 0. The van der Waals surface area contributed by atoms with Gasteiger partial charge in [0.15, 0.2) is 0 Å². The second kappa shape index (κ2) is 9.44. The SMILES string of the molecule is CCCCC1CN(CC2CC2)C(=O)CN1Cc1cncn1Cc1ccc(C#N)cc1. The van der Waals surface area contributed by atoms with Gasteiger partial charge in [0.1, 0.15) is 0 Å². The fourth-order valence-corrected chi connectivity index (χ4v) is 4.27. The summed E-state index contributed by atoms with van der Waals surface area (Å²) in [6.07, 6.45) is 9.84. The van der Waals surface area contributed by atoms with Crippen LogP contribution in [0, 0.1) is 17.2 Å². The Labute approximate surface area is 179 Å². The Morgan fingerprint density at radius 2 is 2.00 bits per heavy atom. The van der Waals surface area contributed by atoms with Crippen molar-refractivity contribution in [2.24, 2.45) is 5.92 Å². The van der Waals surface area contributed by atoms with E-state index in [1.807, 2.05) is 36.8 Å². The first kappa shape index (κ1) is 20.6. The summed E-state index contributed by atoms with van der Waals surface area (Å²) >= 11 is 0. The topological polar surface area (TPSA) is 65.2 Å². The smallest absolute Gasteiger partial charge is 0.236 e. The highest BCUT2D eigenvalue weighted by molar-refractivity contribution is 5.79. The second-order valence-corrected chi connectivity index (χ2v) is 8.76. The predicted molar refractivity (Wildman–Crippen MR) is 116 cm³/mol. The summed E-state index contributed by atoms with van der Waals surface area (Å²) in [6, 6.07) is 10.3. The molecule has 2 aliphatic rings. The van der Waals surface area contributed by atoms with Crippen molar-refractivity contribution in [1.29, 1.82) is 5.26 Å². The van der Waals surface area contributed by atoms with Crippen LogP contribution in [0.2, 0.25) is 0 Å². The summed E-state index contributed by atoms with van der Waals surface area (Å²) in [5, 5.41) is 8.99. The molecule has 1 saturated heterocycles. The van der Waals surface area contributed by atoms with Gasteiger partial charge >= 0.3 is 0 Å². The Morgan fingerprint density at radius 3 is 2.70 bits per heavy atom. The third-order valence-electron chi connectivity index (χ3n) is 6.30. The van der Waals surface area contributed by atoms with Crippen molar-refractivity contribution in [3.8, 4) is 6.07 Å². The lowest BCUT2D eigenvalue weighted by Crippen LogP contribution is -2.56. The standard InChI is InChI=1S/C24H31N5O/c1-2-3-4-22-15-28(13-20-9-10-20)24(30)17-27(22)16-23-12-26-18-29(23)14-21-7-5-19(11-25)6-8-21/h5-8,12,18,20,22H,2-4,9-10,13-17H2,1H3. The van der Waals surface area contributed by atoms with Crippen LogP contribution < -0.4 is 0 Å². The molecule has 2 fully saturated rings. The van der Waals surface area contributed by atoms with Gasteiger partial charge in [-0.3, -0.25) is 9.69 Å². The van der Waals surface area contributed by atoms with E-state index in [-0.39, 0.29) is 5.91 Å². The molecule has 2 aromatic rings. The number of nitrogens with zero attached hydrogens (tertiary/aromatic N) is 5. The molecule has 1 aliphatic carbocycles. The van der Waals surface area contributed by atoms with Crippen LogP contribution in [-0.4, -0.2) is 50.9 Å². The third-order valence-corrected chi connectivity index (χ3v) is 6.30. The molecule has 2 heterocycles. The molecule has 4 rings (SSSR count). The lowest BCUT2D eigenvalue weighted by Gasteiger charge is -2.41. The zero-order valence-electron chi connectivity index (χ0n) is 17.8. The molecule has 1 aromatic carbocycles. The molecule has 0 spiro atoms. The third kappa shape index (κ3) is 5.09. The summed E-state index contributed by atoms with van der Waals surface area (Å²) in [6.45, 7) is 6.00. The Bertz CT molecular complexity index is 893. The molecule has 30 heavy (non-hydrogen) atoms. The molecule has 1 aromatic heterocycles. The second-order valence-electron chi connectivity index (χ2n) is 8.76. The lowest BCUT2D eigenvalue weighted by molar-refractivity contribution is -0.139. The quantitative estimate of drug-likeness (QED) is 0.641. The van der Waals surface area contributed by atoms with Crippen molar-refractivity contribution < 1.29 is 4.79 Å².